The molecule has 3 aromatic rings. The van der Waals surface area contributed by atoms with Gasteiger partial charge in [0.1, 0.15) is 31.0 Å². The lowest BCUT2D eigenvalue weighted by atomic mass is 9.97. The van der Waals surface area contributed by atoms with E-state index in [4.69, 9.17) is 4.74 Å². The van der Waals surface area contributed by atoms with Crippen LogP contribution in [0.3, 0.4) is 0 Å². The van der Waals surface area contributed by atoms with Gasteiger partial charge in [0.05, 0.1) is 0 Å². The van der Waals surface area contributed by atoms with Crippen LogP contribution >= 0.6 is 0 Å². The van der Waals surface area contributed by atoms with Crippen LogP contribution in [0.4, 0.5) is 9.59 Å². The van der Waals surface area contributed by atoms with Crippen LogP contribution in [0.5, 0.6) is 0 Å². The maximum Gasteiger partial charge on any atom is 0.408 e. The number of nitrogens with one attached hydrogen (secondary N) is 4. The summed E-state index contributed by atoms with van der Waals surface area (Å²) in [5.74, 6) is -1.13. The molecule has 3 aromatic carbocycles. The van der Waals surface area contributed by atoms with Crippen LogP contribution in [0.2, 0.25) is 0 Å². The summed E-state index contributed by atoms with van der Waals surface area (Å²) in [4.78, 5) is 65.5. The monoisotopic (exact) mass is 615 g/mol. The van der Waals surface area contributed by atoms with E-state index in [0.29, 0.717) is 19.4 Å². The molecule has 0 spiro atoms. The number of ether oxygens (including phenoxy) is 1. The number of benzene rings is 3. The van der Waals surface area contributed by atoms with Gasteiger partial charge in [-0.05, 0) is 40.7 Å². The molecule has 1 fully saturated rings. The number of amides is 5. The van der Waals surface area contributed by atoms with E-state index < -0.39 is 36.0 Å². The minimum atomic E-state index is -1.07. The molecule has 4 N–H and O–H groups in total. The van der Waals surface area contributed by atoms with E-state index >= 15 is 0 Å². The molecular weight excluding hydrogens is 574 g/mol. The highest BCUT2D eigenvalue weighted by atomic mass is 16.5. The summed E-state index contributed by atoms with van der Waals surface area (Å²) < 4.78 is 5.41. The third kappa shape index (κ3) is 9.79. The van der Waals surface area contributed by atoms with Crippen LogP contribution in [-0.2, 0) is 32.1 Å². The zero-order valence-electron chi connectivity index (χ0n) is 25.7. The molecule has 0 aliphatic carbocycles. The lowest BCUT2D eigenvalue weighted by Gasteiger charge is -2.31. The fourth-order valence-electron chi connectivity index (χ4n) is 5.03. The molecule has 3 atom stereocenters. The van der Waals surface area contributed by atoms with E-state index in [1.54, 1.807) is 4.90 Å². The van der Waals surface area contributed by atoms with Crippen molar-refractivity contribution >= 4 is 41.0 Å². The van der Waals surface area contributed by atoms with Crippen LogP contribution in [0.15, 0.2) is 72.8 Å². The molecule has 0 unspecified atom stereocenters. The van der Waals surface area contributed by atoms with Crippen molar-refractivity contribution in [1.29, 1.82) is 0 Å². The molecule has 1 aliphatic rings. The van der Waals surface area contributed by atoms with Gasteiger partial charge >= 0.3 is 12.1 Å². The van der Waals surface area contributed by atoms with E-state index in [0.717, 1.165) is 28.3 Å². The van der Waals surface area contributed by atoms with E-state index in [1.807, 2.05) is 86.6 Å². The average Bonchev–Trinajstić information content (AvgIpc) is 3.00. The van der Waals surface area contributed by atoms with Gasteiger partial charge in [0.25, 0.3) is 0 Å². The van der Waals surface area contributed by atoms with Crippen molar-refractivity contribution in [3.63, 3.8) is 0 Å². The van der Waals surface area contributed by atoms with Gasteiger partial charge in [0, 0.05) is 26.1 Å². The Kier molecular flexibility index (Phi) is 11.9. The van der Waals surface area contributed by atoms with Crippen molar-refractivity contribution in [1.82, 2.24) is 26.2 Å². The summed E-state index contributed by atoms with van der Waals surface area (Å²) in [6.07, 6.45) is 1.13. The summed E-state index contributed by atoms with van der Waals surface area (Å²) >= 11 is 0. The molecule has 5 amide bonds. The summed E-state index contributed by atoms with van der Waals surface area (Å²) in [6.45, 7) is 5.06. The fraction of sp³-hybridized carbons (Fsp3) is 0.382. The standard InChI is InChI=1S/C34H41N5O6/c1-23(2)18-29(31(41)36-27(21-40)20-35-33(43)39-16-9-17-39)37-32(42)30(38-34(44)45-22-24-10-4-3-5-11-24)19-26-14-8-13-25-12-6-7-15-28(25)26/h3-8,10-15,21,23,27,29-30H,9,16-20,22H2,1-2H3,(H,35,43)(H,36,41)(H,37,42)(H,38,44)/t27-,29-,30-/m0/s1. The number of aldehydes is 1. The first-order valence-electron chi connectivity index (χ1n) is 15.3. The fourth-order valence-corrected chi connectivity index (χ4v) is 5.03. The van der Waals surface area contributed by atoms with Crippen LogP contribution in [-0.4, -0.2) is 72.9 Å². The summed E-state index contributed by atoms with van der Waals surface area (Å²) in [7, 11) is 0. The number of alkyl carbamates (subject to hydrolysis) is 1. The maximum atomic E-state index is 13.8. The molecule has 1 aliphatic heterocycles. The Labute approximate surface area is 263 Å². The predicted octanol–water partition coefficient (Wildman–Crippen LogP) is 3.31. The lowest BCUT2D eigenvalue weighted by molar-refractivity contribution is -0.131. The molecule has 11 nitrogen and oxygen atoms in total. The summed E-state index contributed by atoms with van der Waals surface area (Å²) in [5, 5.41) is 12.7. The van der Waals surface area contributed by atoms with Gasteiger partial charge < -0.3 is 35.7 Å². The number of rotatable bonds is 14. The SMILES string of the molecule is CC(C)C[C@H](NC(=O)[C@H](Cc1cccc2ccccc12)NC(=O)OCc1ccccc1)C(=O)N[C@H](C=O)CNC(=O)N1CCC1. The van der Waals surface area contributed by atoms with Crippen molar-refractivity contribution in [3.8, 4) is 0 Å². The minimum absolute atomic E-state index is 0.0159. The number of urea groups is 1. The summed E-state index contributed by atoms with van der Waals surface area (Å²) in [6, 6.07) is 19.3. The largest absolute Gasteiger partial charge is 0.445 e. The maximum absolute atomic E-state index is 13.8. The normalized spacial score (nSPS) is 14.4. The van der Waals surface area contributed by atoms with Gasteiger partial charge in [0.2, 0.25) is 11.8 Å². The van der Waals surface area contributed by atoms with Crippen molar-refractivity contribution in [3.05, 3.63) is 83.9 Å². The Hall–Kier alpha value is -4.93. The number of carbonyl (C=O) groups excluding carboxylic acids is 5. The van der Waals surface area contributed by atoms with Gasteiger partial charge in [-0.15, -0.1) is 0 Å². The smallest absolute Gasteiger partial charge is 0.408 e. The van der Waals surface area contributed by atoms with E-state index in [-0.39, 0.29) is 37.9 Å². The second kappa shape index (κ2) is 16.2. The zero-order chi connectivity index (χ0) is 32.2. The van der Waals surface area contributed by atoms with Crippen LogP contribution in [0.1, 0.15) is 37.8 Å². The predicted molar refractivity (Wildman–Crippen MR) is 170 cm³/mol. The molecule has 0 radical (unpaired) electrons. The van der Waals surface area contributed by atoms with E-state index in [1.165, 1.54) is 0 Å². The molecule has 0 saturated carbocycles. The van der Waals surface area contributed by atoms with Gasteiger partial charge in [-0.2, -0.15) is 0 Å². The third-order valence-corrected chi connectivity index (χ3v) is 7.57. The average molecular weight is 616 g/mol. The second-order valence-electron chi connectivity index (χ2n) is 11.6. The molecule has 11 heteroatoms. The zero-order valence-corrected chi connectivity index (χ0v) is 25.7. The molecule has 0 aromatic heterocycles. The minimum Gasteiger partial charge on any atom is -0.445 e. The first-order valence-corrected chi connectivity index (χ1v) is 15.3. The Morgan fingerprint density at radius 2 is 1.53 bits per heavy atom. The van der Waals surface area contributed by atoms with Gasteiger partial charge in [-0.3, -0.25) is 9.59 Å². The quantitative estimate of drug-likeness (QED) is 0.205. The highest BCUT2D eigenvalue weighted by Crippen LogP contribution is 2.20. The number of fused-ring (bicyclic) bond motifs is 1. The number of hydrogen-bond donors (Lipinski definition) is 4. The number of hydrogen-bond acceptors (Lipinski definition) is 6. The van der Waals surface area contributed by atoms with Gasteiger partial charge in [-0.1, -0.05) is 86.6 Å². The van der Waals surface area contributed by atoms with Crippen molar-refractivity contribution in [2.75, 3.05) is 19.6 Å². The van der Waals surface area contributed by atoms with Crippen molar-refractivity contribution < 1.29 is 28.7 Å². The van der Waals surface area contributed by atoms with Crippen LogP contribution < -0.4 is 21.3 Å². The molecule has 4 rings (SSSR count). The third-order valence-electron chi connectivity index (χ3n) is 7.57. The highest BCUT2D eigenvalue weighted by molar-refractivity contribution is 5.93. The lowest BCUT2D eigenvalue weighted by Crippen LogP contribution is -2.57. The summed E-state index contributed by atoms with van der Waals surface area (Å²) in [5.41, 5.74) is 1.63. The number of nitrogens with zero attached hydrogens (tertiary/aromatic N) is 1. The first kappa shape index (κ1) is 33.0. The molecular formula is C34H41N5O6. The van der Waals surface area contributed by atoms with E-state index in [2.05, 4.69) is 21.3 Å². The second-order valence-corrected chi connectivity index (χ2v) is 11.6. The molecule has 1 heterocycles. The molecule has 238 valence electrons. The Balaban J connectivity index is 1.47. The topological polar surface area (TPSA) is 146 Å². The Morgan fingerprint density at radius 1 is 0.844 bits per heavy atom. The van der Waals surface area contributed by atoms with E-state index in [9.17, 15) is 24.0 Å². The molecule has 1 saturated heterocycles. The Morgan fingerprint density at radius 3 is 2.22 bits per heavy atom. The van der Waals surface area contributed by atoms with Crippen molar-refractivity contribution in [2.45, 2.75) is 57.8 Å². The van der Waals surface area contributed by atoms with Gasteiger partial charge in [0.15, 0.2) is 0 Å². The molecule has 0 bridgehead atoms. The van der Waals surface area contributed by atoms with Crippen molar-refractivity contribution in [2.24, 2.45) is 5.92 Å². The Bertz CT molecular complexity index is 1470. The van der Waals surface area contributed by atoms with Crippen LogP contribution in [0, 0.1) is 5.92 Å². The van der Waals surface area contributed by atoms with Gasteiger partial charge in [-0.25, -0.2) is 9.59 Å². The number of carbonyl (C=O) groups is 5. The molecule has 45 heavy (non-hydrogen) atoms. The number of likely N-dealkylation sites (tertiary alicyclic amines) is 1. The first-order chi connectivity index (χ1) is 21.7. The highest BCUT2D eigenvalue weighted by Gasteiger charge is 2.30. The van der Waals surface area contributed by atoms with Crippen LogP contribution in [0.25, 0.3) is 10.8 Å².